The maximum absolute atomic E-state index is 10.5. The van der Waals surface area contributed by atoms with Gasteiger partial charge in [0.25, 0.3) is 0 Å². The van der Waals surface area contributed by atoms with Crippen LogP contribution in [0.25, 0.3) is 10.9 Å². The van der Waals surface area contributed by atoms with Crippen LogP contribution < -0.4 is 10.6 Å². The zero-order valence-electron chi connectivity index (χ0n) is 11.1. The smallest absolute Gasteiger partial charge is 0.211 e. The van der Waals surface area contributed by atoms with Gasteiger partial charge in [0.1, 0.15) is 0 Å². The topological polar surface area (TPSA) is 56.9 Å². The molecule has 19 heavy (non-hydrogen) atoms. The van der Waals surface area contributed by atoms with Crippen molar-refractivity contribution in [2.75, 3.05) is 11.9 Å². The van der Waals surface area contributed by atoms with Crippen molar-refractivity contribution in [2.45, 2.75) is 32.2 Å². The lowest BCUT2D eigenvalue weighted by molar-refractivity contribution is -0.105. The average Bonchev–Trinajstić information content (AvgIpc) is 2.77. The quantitative estimate of drug-likeness (QED) is 0.735. The Morgan fingerprint density at radius 3 is 3.16 bits per heavy atom. The van der Waals surface area contributed by atoms with Gasteiger partial charge in [-0.25, -0.2) is 0 Å². The molecule has 1 aliphatic carbocycles. The third-order valence-electron chi connectivity index (χ3n) is 3.91. The average molecular weight is 257 g/mol. The Bertz CT molecular complexity index is 603. The summed E-state index contributed by atoms with van der Waals surface area (Å²) in [4.78, 5) is 14.0. The van der Waals surface area contributed by atoms with Crippen LogP contribution in [0.3, 0.4) is 0 Å². The van der Waals surface area contributed by atoms with E-state index in [0.717, 1.165) is 31.5 Å². The van der Waals surface area contributed by atoms with Crippen molar-refractivity contribution in [3.8, 4) is 0 Å². The molecule has 1 aromatic carbocycles. The van der Waals surface area contributed by atoms with Crippen molar-refractivity contribution in [3.05, 3.63) is 29.5 Å². The predicted octanol–water partition coefficient (Wildman–Crippen LogP) is 2.20. The van der Waals surface area contributed by atoms with E-state index in [1.165, 1.54) is 28.6 Å². The second-order valence-corrected chi connectivity index (χ2v) is 5.10. The molecule has 1 heterocycles. The minimum atomic E-state index is 0.569. The molecule has 0 fully saturated rings. The highest BCUT2D eigenvalue weighted by molar-refractivity contribution is 5.89. The standard InChI is InChI=1S/C15H19N3O/c1-2-16-10-3-5-14-12(7-10)13-8-11(17-9-19)4-6-15(13)18-14/h4,6,8-10,16,18H,2-3,5,7H2,1H3,(H,17,19)/t10-/m0/s1. The maximum Gasteiger partial charge on any atom is 0.211 e. The number of hydrogen-bond donors (Lipinski definition) is 3. The van der Waals surface area contributed by atoms with Gasteiger partial charge in [0.2, 0.25) is 6.41 Å². The number of carbonyl (C=O) groups excluding carboxylic acids is 1. The molecule has 0 saturated heterocycles. The summed E-state index contributed by atoms with van der Waals surface area (Å²) >= 11 is 0. The summed E-state index contributed by atoms with van der Waals surface area (Å²) in [6.07, 6.45) is 4.07. The summed E-state index contributed by atoms with van der Waals surface area (Å²) in [5, 5.41) is 7.50. The van der Waals surface area contributed by atoms with Crippen molar-refractivity contribution in [1.82, 2.24) is 10.3 Å². The van der Waals surface area contributed by atoms with Crippen molar-refractivity contribution in [1.29, 1.82) is 0 Å². The lowest BCUT2D eigenvalue weighted by Gasteiger charge is -2.23. The summed E-state index contributed by atoms with van der Waals surface area (Å²) in [7, 11) is 0. The number of rotatable bonds is 4. The van der Waals surface area contributed by atoms with Crippen LogP contribution in [0.15, 0.2) is 18.2 Å². The second kappa shape index (κ2) is 5.05. The van der Waals surface area contributed by atoms with Gasteiger partial charge in [0.15, 0.2) is 0 Å². The van der Waals surface area contributed by atoms with E-state index in [0.29, 0.717) is 6.04 Å². The molecular formula is C15H19N3O. The number of anilines is 1. The Balaban J connectivity index is 2.00. The van der Waals surface area contributed by atoms with Crippen LogP contribution in [0.2, 0.25) is 0 Å². The van der Waals surface area contributed by atoms with Crippen molar-refractivity contribution >= 4 is 23.0 Å². The molecule has 1 atom stereocenters. The van der Waals surface area contributed by atoms with Gasteiger partial charge in [-0.05, 0) is 49.6 Å². The zero-order chi connectivity index (χ0) is 13.2. The van der Waals surface area contributed by atoms with Gasteiger partial charge >= 0.3 is 0 Å². The predicted molar refractivity (Wildman–Crippen MR) is 77.5 cm³/mol. The third kappa shape index (κ3) is 2.24. The number of likely N-dealkylation sites (N-methyl/N-ethyl adjacent to an activating group) is 1. The van der Waals surface area contributed by atoms with Crippen LogP contribution >= 0.6 is 0 Å². The molecule has 2 aromatic rings. The second-order valence-electron chi connectivity index (χ2n) is 5.10. The Labute approximate surface area is 112 Å². The van der Waals surface area contributed by atoms with Crippen LogP contribution in [0.4, 0.5) is 5.69 Å². The molecule has 0 saturated carbocycles. The Kier molecular flexibility index (Phi) is 3.25. The molecule has 4 heteroatoms. The van der Waals surface area contributed by atoms with E-state index in [2.05, 4.69) is 28.6 Å². The molecule has 0 spiro atoms. The summed E-state index contributed by atoms with van der Waals surface area (Å²) < 4.78 is 0. The largest absolute Gasteiger partial charge is 0.358 e. The number of aryl methyl sites for hydroxylation is 1. The number of hydrogen-bond acceptors (Lipinski definition) is 2. The van der Waals surface area contributed by atoms with Crippen molar-refractivity contribution in [3.63, 3.8) is 0 Å². The summed E-state index contributed by atoms with van der Waals surface area (Å²) in [6, 6.07) is 6.61. The number of nitrogens with one attached hydrogen (secondary N) is 3. The highest BCUT2D eigenvalue weighted by Gasteiger charge is 2.21. The molecule has 1 amide bonds. The lowest BCUT2D eigenvalue weighted by Crippen LogP contribution is -2.34. The third-order valence-corrected chi connectivity index (χ3v) is 3.91. The molecular weight excluding hydrogens is 238 g/mol. The van der Waals surface area contributed by atoms with Gasteiger partial charge in [-0.15, -0.1) is 0 Å². The highest BCUT2D eigenvalue weighted by atomic mass is 16.1. The van der Waals surface area contributed by atoms with Crippen molar-refractivity contribution in [2.24, 2.45) is 0 Å². The number of fused-ring (bicyclic) bond motifs is 3. The van der Waals surface area contributed by atoms with Crippen LogP contribution in [-0.2, 0) is 17.6 Å². The van der Waals surface area contributed by atoms with E-state index in [9.17, 15) is 4.79 Å². The molecule has 1 aliphatic rings. The Morgan fingerprint density at radius 1 is 1.47 bits per heavy atom. The molecule has 1 aromatic heterocycles. The van der Waals surface area contributed by atoms with Crippen LogP contribution in [-0.4, -0.2) is 24.0 Å². The molecule has 3 rings (SSSR count). The van der Waals surface area contributed by atoms with Gasteiger partial charge < -0.3 is 15.6 Å². The van der Waals surface area contributed by atoms with E-state index < -0.39 is 0 Å². The number of amides is 1. The molecule has 0 aliphatic heterocycles. The van der Waals surface area contributed by atoms with Gasteiger partial charge in [-0.1, -0.05) is 6.92 Å². The summed E-state index contributed by atoms with van der Waals surface area (Å²) in [6.45, 7) is 3.16. The molecule has 0 bridgehead atoms. The van der Waals surface area contributed by atoms with Crippen molar-refractivity contribution < 1.29 is 4.79 Å². The van der Waals surface area contributed by atoms with Crippen LogP contribution in [0.1, 0.15) is 24.6 Å². The number of aromatic nitrogens is 1. The van der Waals surface area contributed by atoms with E-state index in [1.807, 2.05) is 12.1 Å². The fourth-order valence-electron chi connectivity index (χ4n) is 3.04. The number of aromatic amines is 1. The van der Waals surface area contributed by atoms with E-state index >= 15 is 0 Å². The Hall–Kier alpha value is -1.81. The summed E-state index contributed by atoms with van der Waals surface area (Å²) in [5.41, 5.74) is 4.78. The molecule has 100 valence electrons. The fourth-order valence-corrected chi connectivity index (χ4v) is 3.04. The summed E-state index contributed by atoms with van der Waals surface area (Å²) in [5.74, 6) is 0. The van der Waals surface area contributed by atoms with Gasteiger partial charge in [-0.2, -0.15) is 0 Å². The minimum Gasteiger partial charge on any atom is -0.358 e. The first-order chi connectivity index (χ1) is 9.31. The first-order valence-electron chi connectivity index (χ1n) is 6.89. The van der Waals surface area contributed by atoms with Crippen LogP contribution in [0.5, 0.6) is 0 Å². The normalized spacial score (nSPS) is 18.3. The van der Waals surface area contributed by atoms with E-state index in [1.54, 1.807) is 0 Å². The molecule has 0 radical (unpaired) electrons. The first-order valence-corrected chi connectivity index (χ1v) is 6.89. The molecule has 4 nitrogen and oxygen atoms in total. The monoisotopic (exact) mass is 257 g/mol. The lowest BCUT2D eigenvalue weighted by atomic mass is 9.91. The van der Waals surface area contributed by atoms with E-state index in [-0.39, 0.29) is 0 Å². The van der Waals surface area contributed by atoms with Gasteiger partial charge in [-0.3, -0.25) is 4.79 Å². The van der Waals surface area contributed by atoms with Crippen LogP contribution in [0, 0.1) is 0 Å². The minimum absolute atomic E-state index is 0.569. The molecule has 3 N–H and O–H groups in total. The number of benzene rings is 1. The fraction of sp³-hybridized carbons (Fsp3) is 0.400. The molecule has 0 unspecified atom stereocenters. The maximum atomic E-state index is 10.5. The Morgan fingerprint density at radius 2 is 2.37 bits per heavy atom. The van der Waals surface area contributed by atoms with Gasteiger partial charge in [0, 0.05) is 28.3 Å². The first kappa shape index (κ1) is 12.2. The zero-order valence-corrected chi connectivity index (χ0v) is 11.1. The SMILES string of the molecule is CCN[C@H]1CCc2[nH]c3ccc(NC=O)cc3c2C1. The van der Waals surface area contributed by atoms with Gasteiger partial charge in [0.05, 0.1) is 0 Å². The van der Waals surface area contributed by atoms with E-state index in [4.69, 9.17) is 0 Å². The number of carbonyl (C=O) groups is 1. The highest BCUT2D eigenvalue weighted by Crippen LogP contribution is 2.30. The number of H-pyrrole nitrogens is 1.